The van der Waals surface area contributed by atoms with Crippen LogP contribution in [0.3, 0.4) is 0 Å². The monoisotopic (exact) mass is 424 g/mol. The van der Waals surface area contributed by atoms with Crippen LogP contribution in [0.15, 0.2) is 30.3 Å². The molecule has 4 heterocycles. The first-order valence-corrected chi connectivity index (χ1v) is 11.0. The first-order chi connectivity index (χ1) is 14.7. The zero-order valence-corrected chi connectivity index (χ0v) is 17.6. The van der Waals surface area contributed by atoms with E-state index < -0.39 is 0 Å². The number of phenols is 1. The zero-order valence-electron chi connectivity index (χ0n) is 16.8. The number of phenolic OH excluding ortho intramolecular Hbond substituents is 1. The van der Waals surface area contributed by atoms with Crippen molar-refractivity contribution in [2.75, 3.05) is 31.2 Å². The summed E-state index contributed by atoms with van der Waals surface area (Å²) in [7, 11) is 0. The van der Waals surface area contributed by atoms with Gasteiger partial charge < -0.3 is 20.1 Å². The van der Waals surface area contributed by atoms with Crippen molar-refractivity contribution in [1.29, 1.82) is 0 Å². The fourth-order valence-corrected chi connectivity index (χ4v) is 4.72. The fraction of sp³-hybridized carbons (Fsp3) is 0.429. The molecule has 2 N–H and O–H groups in total. The van der Waals surface area contributed by atoms with Gasteiger partial charge in [-0.25, -0.2) is 0 Å². The molecule has 156 valence electrons. The maximum atomic E-state index is 10.5. The van der Waals surface area contributed by atoms with Crippen molar-refractivity contribution in [2.45, 2.75) is 31.8 Å². The van der Waals surface area contributed by atoms with Crippen LogP contribution in [0.2, 0.25) is 0 Å². The number of benzene rings is 1. The minimum Gasteiger partial charge on any atom is -0.507 e. The van der Waals surface area contributed by atoms with Crippen molar-refractivity contribution in [1.82, 2.24) is 25.7 Å². The summed E-state index contributed by atoms with van der Waals surface area (Å²) in [5.74, 6) is 1.03. The number of hydrogen-bond acceptors (Lipinski definition) is 9. The molecule has 9 heteroatoms. The molecular weight excluding hydrogens is 400 g/mol. The third-order valence-corrected chi connectivity index (χ3v) is 6.50. The number of hydrogen-bond donors (Lipinski definition) is 2. The van der Waals surface area contributed by atoms with Gasteiger partial charge in [-0.1, -0.05) is 17.4 Å². The van der Waals surface area contributed by atoms with E-state index in [4.69, 9.17) is 4.74 Å². The van der Waals surface area contributed by atoms with Crippen LogP contribution < -0.4 is 10.2 Å². The Kier molecular flexibility index (Phi) is 5.32. The van der Waals surface area contributed by atoms with Crippen LogP contribution in [0.25, 0.3) is 21.8 Å². The van der Waals surface area contributed by atoms with E-state index in [1.807, 2.05) is 31.2 Å². The molecule has 2 aromatic heterocycles. The Morgan fingerprint density at radius 1 is 1.10 bits per heavy atom. The number of rotatable bonds is 5. The zero-order chi connectivity index (χ0) is 20.5. The number of anilines is 1. The number of aryl methyl sites for hydroxylation is 1. The topological polar surface area (TPSA) is 96.3 Å². The lowest BCUT2D eigenvalue weighted by Crippen LogP contribution is -2.40. The summed E-state index contributed by atoms with van der Waals surface area (Å²) >= 11 is 1.50. The van der Waals surface area contributed by atoms with Crippen molar-refractivity contribution in [3.8, 4) is 27.6 Å². The lowest BCUT2D eigenvalue weighted by atomic mass is 10.1. The van der Waals surface area contributed by atoms with Crippen LogP contribution in [0, 0.1) is 6.92 Å². The van der Waals surface area contributed by atoms with Crippen LogP contribution in [-0.2, 0) is 4.74 Å². The maximum Gasteiger partial charge on any atom is 0.151 e. The number of aromatic hydroxyl groups is 1. The third-order valence-electron chi connectivity index (χ3n) is 5.61. The van der Waals surface area contributed by atoms with Gasteiger partial charge >= 0.3 is 0 Å². The number of nitrogens with one attached hydrogen (secondary N) is 1. The molecule has 2 aliphatic heterocycles. The number of ether oxygens (including phenoxy) is 1. The molecule has 8 nitrogen and oxygen atoms in total. The van der Waals surface area contributed by atoms with Gasteiger partial charge in [0.1, 0.15) is 15.8 Å². The summed E-state index contributed by atoms with van der Waals surface area (Å²) in [6.45, 7) is 5.46. The predicted octanol–water partition coefficient (Wildman–Crippen LogP) is 2.63. The average molecular weight is 425 g/mol. The van der Waals surface area contributed by atoms with E-state index in [1.165, 1.54) is 11.3 Å². The minimum absolute atomic E-state index is 0.159. The van der Waals surface area contributed by atoms with Gasteiger partial charge in [0, 0.05) is 42.9 Å². The SMILES string of the molecule is Cc1nnc(-c2ccc(-c3ccc(N4CC[C@H](N[C@@H]5CCOC5)C4)nn3)c(O)c2)s1. The van der Waals surface area contributed by atoms with E-state index in [0.29, 0.717) is 23.3 Å². The van der Waals surface area contributed by atoms with E-state index in [9.17, 15) is 5.11 Å². The summed E-state index contributed by atoms with van der Waals surface area (Å²) in [5.41, 5.74) is 2.14. The highest BCUT2D eigenvalue weighted by atomic mass is 32.1. The molecule has 1 aromatic carbocycles. The summed E-state index contributed by atoms with van der Waals surface area (Å²) in [5, 5.41) is 32.9. The predicted molar refractivity (Wildman–Crippen MR) is 116 cm³/mol. The Hall–Kier alpha value is -2.62. The molecular formula is C21H24N6O2S. The van der Waals surface area contributed by atoms with Crippen molar-refractivity contribution in [2.24, 2.45) is 0 Å². The van der Waals surface area contributed by atoms with Gasteiger partial charge in [-0.2, -0.15) is 0 Å². The van der Waals surface area contributed by atoms with E-state index >= 15 is 0 Å². The number of aromatic nitrogens is 4. The highest BCUT2D eigenvalue weighted by Crippen LogP contribution is 2.33. The average Bonchev–Trinajstić information content (AvgIpc) is 3.51. The van der Waals surface area contributed by atoms with E-state index in [1.54, 1.807) is 6.07 Å². The summed E-state index contributed by atoms with van der Waals surface area (Å²) < 4.78 is 5.45. The lowest BCUT2D eigenvalue weighted by molar-refractivity contribution is 0.188. The van der Waals surface area contributed by atoms with Crippen LogP contribution in [0.4, 0.5) is 5.82 Å². The van der Waals surface area contributed by atoms with Gasteiger partial charge in [-0.15, -0.1) is 20.4 Å². The standard InChI is InChI=1S/C21H24N6O2S/c1-13-23-26-21(30-13)14-2-3-17(19(28)10-14)18-4-5-20(25-24-18)27-8-6-15(11-27)22-16-7-9-29-12-16/h2-5,10,15-16,22,28H,6-9,11-12H2,1H3/t15-,16+/m0/s1. The van der Waals surface area contributed by atoms with Crippen molar-refractivity contribution >= 4 is 17.2 Å². The Labute approximate surface area is 178 Å². The summed E-state index contributed by atoms with van der Waals surface area (Å²) in [6, 6.07) is 10.3. The van der Waals surface area contributed by atoms with Gasteiger partial charge in [0.05, 0.1) is 12.3 Å². The molecule has 0 spiro atoms. The second kappa shape index (κ2) is 8.25. The quantitative estimate of drug-likeness (QED) is 0.645. The highest BCUT2D eigenvalue weighted by Gasteiger charge is 2.27. The fourth-order valence-electron chi connectivity index (χ4n) is 4.04. The van der Waals surface area contributed by atoms with Gasteiger partial charge in [-0.3, -0.25) is 0 Å². The molecule has 0 bridgehead atoms. The summed E-state index contributed by atoms with van der Waals surface area (Å²) in [4.78, 5) is 2.25. The molecule has 2 atom stereocenters. The van der Waals surface area contributed by atoms with Gasteiger partial charge in [0.25, 0.3) is 0 Å². The summed E-state index contributed by atoms with van der Waals surface area (Å²) in [6.07, 6.45) is 2.18. The van der Waals surface area contributed by atoms with E-state index in [-0.39, 0.29) is 5.75 Å². The van der Waals surface area contributed by atoms with Gasteiger partial charge in [0.2, 0.25) is 0 Å². The smallest absolute Gasteiger partial charge is 0.151 e. The van der Waals surface area contributed by atoms with Gasteiger partial charge in [0.15, 0.2) is 5.82 Å². The Balaban J connectivity index is 1.27. The molecule has 0 saturated carbocycles. The molecule has 2 saturated heterocycles. The highest BCUT2D eigenvalue weighted by molar-refractivity contribution is 7.14. The molecule has 3 aromatic rings. The second-order valence-electron chi connectivity index (χ2n) is 7.79. The van der Waals surface area contributed by atoms with Gasteiger partial charge in [-0.05, 0) is 44.0 Å². The molecule has 2 fully saturated rings. The number of nitrogens with zero attached hydrogens (tertiary/aromatic N) is 5. The largest absolute Gasteiger partial charge is 0.507 e. The molecule has 2 aliphatic rings. The maximum absolute atomic E-state index is 10.5. The molecule has 0 amide bonds. The van der Waals surface area contributed by atoms with Crippen molar-refractivity contribution in [3.05, 3.63) is 35.3 Å². The van der Waals surface area contributed by atoms with Crippen LogP contribution in [-0.4, -0.2) is 63.9 Å². The molecule has 0 radical (unpaired) electrons. The first-order valence-electron chi connectivity index (χ1n) is 10.2. The third kappa shape index (κ3) is 4.00. The molecule has 30 heavy (non-hydrogen) atoms. The van der Waals surface area contributed by atoms with Crippen molar-refractivity contribution in [3.63, 3.8) is 0 Å². The van der Waals surface area contributed by atoms with Crippen LogP contribution in [0.1, 0.15) is 17.8 Å². The Bertz CT molecular complexity index is 1020. The molecule has 5 rings (SSSR count). The minimum atomic E-state index is 0.159. The normalized spacial score (nSPS) is 21.4. The van der Waals surface area contributed by atoms with E-state index in [2.05, 4.69) is 30.6 Å². The lowest BCUT2D eigenvalue weighted by Gasteiger charge is -2.19. The molecule has 0 unspecified atom stereocenters. The Morgan fingerprint density at radius 3 is 2.73 bits per heavy atom. The van der Waals surface area contributed by atoms with Crippen LogP contribution in [0.5, 0.6) is 5.75 Å². The molecule has 0 aliphatic carbocycles. The van der Waals surface area contributed by atoms with Crippen LogP contribution >= 0.6 is 11.3 Å². The van der Waals surface area contributed by atoms with Crippen molar-refractivity contribution < 1.29 is 9.84 Å². The van der Waals surface area contributed by atoms with E-state index in [0.717, 1.165) is 60.5 Å². The second-order valence-corrected chi connectivity index (χ2v) is 8.98. The first kappa shape index (κ1) is 19.3. The Morgan fingerprint density at radius 2 is 2.03 bits per heavy atom.